The lowest BCUT2D eigenvalue weighted by atomic mass is 10.2. The van der Waals surface area contributed by atoms with Crippen LogP contribution in [0.1, 0.15) is 12.2 Å². The van der Waals surface area contributed by atoms with E-state index < -0.39 is 15.8 Å². The molecule has 0 spiro atoms. The highest BCUT2D eigenvalue weighted by molar-refractivity contribution is 7.89. The fraction of sp³-hybridized carbons (Fsp3) is 0.300. The standard InChI is InChI=1S/C20H24FN5O2S/c1-22-11-6-12-23-20-17-9-3-4-10-18(17)24-19(25-20)14-26(2)29(27,28)16-8-5-7-15(21)13-16/h3-5,7-10,13,22H,6,11-12,14H2,1-2H3,(H,23,24,25). The van der Waals surface area contributed by atoms with Crippen LogP contribution in [0.25, 0.3) is 10.9 Å². The number of fused-ring (bicyclic) bond motifs is 1. The second-order valence-corrected chi connectivity index (χ2v) is 8.65. The van der Waals surface area contributed by atoms with Crippen molar-refractivity contribution in [1.82, 2.24) is 19.6 Å². The maximum absolute atomic E-state index is 13.5. The van der Waals surface area contributed by atoms with Crippen LogP contribution in [0.2, 0.25) is 0 Å². The molecule has 2 N–H and O–H groups in total. The minimum atomic E-state index is -3.87. The number of sulfonamides is 1. The molecule has 0 amide bonds. The van der Waals surface area contributed by atoms with Gasteiger partial charge in [-0.05, 0) is 50.3 Å². The maximum Gasteiger partial charge on any atom is 0.243 e. The number of para-hydroxylation sites is 1. The first-order valence-corrected chi connectivity index (χ1v) is 10.7. The average Bonchev–Trinajstić information content (AvgIpc) is 2.71. The van der Waals surface area contributed by atoms with Crippen molar-refractivity contribution in [3.63, 3.8) is 0 Å². The van der Waals surface area contributed by atoms with Crippen molar-refractivity contribution >= 4 is 26.7 Å². The Bertz CT molecular complexity index is 1090. The van der Waals surface area contributed by atoms with E-state index in [0.717, 1.165) is 40.8 Å². The topological polar surface area (TPSA) is 87.2 Å². The van der Waals surface area contributed by atoms with E-state index in [2.05, 4.69) is 20.6 Å². The molecule has 29 heavy (non-hydrogen) atoms. The molecule has 0 fully saturated rings. The van der Waals surface area contributed by atoms with Crippen molar-refractivity contribution in [2.45, 2.75) is 17.9 Å². The Balaban J connectivity index is 1.87. The molecule has 3 rings (SSSR count). The van der Waals surface area contributed by atoms with Gasteiger partial charge in [0.2, 0.25) is 10.0 Å². The molecule has 0 saturated heterocycles. The highest BCUT2D eigenvalue weighted by atomic mass is 32.2. The van der Waals surface area contributed by atoms with E-state index in [9.17, 15) is 12.8 Å². The monoisotopic (exact) mass is 417 g/mol. The molecule has 0 bridgehead atoms. The number of nitrogens with zero attached hydrogens (tertiary/aromatic N) is 3. The normalized spacial score (nSPS) is 11.9. The van der Waals surface area contributed by atoms with Crippen molar-refractivity contribution in [1.29, 1.82) is 0 Å². The second-order valence-electron chi connectivity index (χ2n) is 6.61. The Hall–Kier alpha value is -2.62. The summed E-state index contributed by atoms with van der Waals surface area (Å²) in [7, 11) is -0.540. The summed E-state index contributed by atoms with van der Waals surface area (Å²) in [5, 5.41) is 7.27. The lowest BCUT2D eigenvalue weighted by molar-refractivity contribution is 0.456. The second kappa shape index (κ2) is 9.25. The van der Waals surface area contributed by atoms with E-state index in [1.807, 2.05) is 31.3 Å². The number of rotatable bonds is 9. The van der Waals surface area contributed by atoms with Gasteiger partial charge in [-0.2, -0.15) is 4.31 Å². The molecule has 0 aliphatic heterocycles. The third kappa shape index (κ3) is 5.06. The molecule has 0 saturated carbocycles. The Morgan fingerprint density at radius 1 is 1.07 bits per heavy atom. The Kier molecular flexibility index (Phi) is 6.73. The van der Waals surface area contributed by atoms with E-state index in [1.54, 1.807) is 0 Å². The lowest BCUT2D eigenvalue weighted by Gasteiger charge is -2.17. The van der Waals surface area contributed by atoms with Crippen LogP contribution in [0.3, 0.4) is 0 Å². The van der Waals surface area contributed by atoms with Crippen LogP contribution in [0.15, 0.2) is 53.4 Å². The van der Waals surface area contributed by atoms with Crippen molar-refractivity contribution in [3.8, 4) is 0 Å². The molecule has 0 radical (unpaired) electrons. The van der Waals surface area contributed by atoms with Gasteiger partial charge in [-0.25, -0.2) is 22.8 Å². The predicted molar refractivity (Wildman–Crippen MR) is 112 cm³/mol. The molecule has 1 heterocycles. The summed E-state index contributed by atoms with van der Waals surface area (Å²) in [5.74, 6) is 0.426. The number of hydrogen-bond donors (Lipinski definition) is 2. The fourth-order valence-electron chi connectivity index (χ4n) is 2.89. The van der Waals surface area contributed by atoms with Crippen molar-refractivity contribution in [2.24, 2.45) is 0 Å². The van der Waals surface area contributed by atoms with Gasteiger partial charge in [0.25, 0.3) is 0 Å². The molecule has 3 aromatic rings. The summed E-state index contributed by atoms with van der Waals surface area (Å²) in [6.45, 7) is 1.56. The summed E-state index contributed by atoms with van der Waals surface area (Å²) < 4.78 is 40.1. The SMILES string of the molecule is CNCCCNc1nc(CN(C)S(=O)(=O)c2cccc(F)c2)nc2ccccc12. The molecular weight excluding hydrogens is 393 g/mol. The van der Waals surface area contributed by atoms with E-state index in [1.165, 1.54) is 25.2 Å². The van der Waals surface area contributed by atoms with E-state index in [-0.39, 0.29) is 11.4 Å². The zero-order valence-corrected chi connectivity index (χ0v) is 17.2. The minimum Gasteiger partial charge on any atom is -0.369 e. The van der Waals surface area contributed by atoms with Gasteiger partial charge >= 0.3 is 0 Å². The fourth-order valence-corrected chi connectivity index (χ4v) is 4.05. The zero-order valence-electron chi connectivity index (χ0n) is 16.4. The number of anilines is 1. The molecule has 0 unspecified atom stereocenters. The first-order valence-electron chi connectivity index (χ1n) is 9.28. The van der Waals surface area contributed by atoms with E-state index in [4.69, 9.17) is 0 Å². The van der Waals surface area contributed by atoms with Crippen LogP contribution in [0, 0.1) is 5.82 Å². The third-order valence-corrected chi connectivity index (χ3v) is 6.21. The molecule has 0 aliphatic rings. The molecule has 0 atom stereocenters. The van der Waals surface area contributed by atoms with Crippen molar-refractivity contribution in [2.75, 3.05) is 32.5 Å². The van der Waals surface area contributed by atoms with Crippen LogP contribution < -0.4 is 10.6 Å². The van der Waals surface area contributed by atoms with Crippen LogP contribution in [0.4, 0.5) is 10.2 Å². The van der Waals surface area contributed by atoms with Gasteiger partial charge in [-0.1, -0.05) is 18.2 Å². The average molecular weight is 418 g/mol. The van der Waals surface area contributed by atoms with Crippen LogP contribution in [0.5, 0.6) is 0 Å². The Morgan fingerprint density at radius 3 is 2.62 bits per heavy atom. The van der Waals surface area contributed by atoms with Crippen LogP contribution in [-0.4, -0.2) is 49.9 Å². The number of hydrogen-bond acceptors (Lipinski definition) is 6. The lowest BCUT2D eigenvalue weighted by Crippen LogP contribution is -2.27. The molecule has 7 nitrogen and oxygen atoms in total. The highest BCUT2D eigenvalue weighted by Gasteiger charge is 2.23. The van der Waals surface area contributed by atoms with Crippen molar-refractivity contribution < 1.29 is 12.8 Å². The van der Waals surface area contributed by atoms with Gasteiger partial charge in [-0.15, -0.1) is 0 Å². The minimum absolute atomic E-state index is 0.0329. The number of nitrogens with one attached hydrogen (secondary N) is 2. The summed E-state index contributed by atoms with van der Waals surface area (Å²) in [6, 6.07) is 12.5. The quantitative estimate of drug-likeness (QED) is 0.521. The van der Waals surface area contributed by atoms with E-state index >= 15 is 0 Å². The third-order valence-electron chi connectivity index (χ3n) is 4.41. The molecule has 154 valence electrons. The maximum atomic E-state index is 13.5. The van der Waals surface area contributed by atoms with Gasteiger partial charge in [-0.3, -0.25) is 0 Å². The number of aromatic nitrogens is 2. The molecular formula is C20H24FN5O2S. The first-order chi connectivity index (χ1) is 13.9. The highest BCUT2D eigenvalue weighted by Crippen LogP contribution is 2.22. The molecule has 1 aromatic heterocycles. The van der Waals surface area contributed by atoms with Gasteiger partial charge in [0.05, 0.1) is 17.0 Å². The summed E-state index contributed by atoms with van der Waals surface area (Å²) >= 11 is 0. The van der Waals surface area contributed by atoms with E-state index in [0.29, 0.717) is 11.6 Å². The first kappa shape index (κ1) is 21.1. The van der Waals surface area contributed by atoms with Crippen molar-refractivity contribution in [3.05, 3.63) is 60.2 Å². The molecule has 2 aromatic carbocycles. The molecule has 9 heteroatoms. The van der Waals surface area contributed by atoms with Gasteiger partial charge in [0.1, 0.15) is 17.5 Å². The summed E-state index contributed by atoms with van der Waals surface area (Å²) in [5.41, 5.74) is 0.727. The Labute approximate surface area is 170 Å². The molecule has 0 aliphatic carbocycles. The summed E-state index contributed by atoms with van der Waals surface area (Å²) in [4.78, 5) is 8.94. The van der Waals surface area contributed by atoms with Gasteiger partial charge in [0.15, 0.2) is 0 Å². The van der Waals surface area contributed by atoms with Crippen LogP contribution >= 0.6 is 0 Å². The number of halogens is 1. The van der Waals surface area contributed by atoms with Gasteiger partial charge in [0, 0.05) is 19.0 Å². The van der Waals surface area contributed by atoms with Crippen LogP contribution in [-0.2, 0) is 16.6 Å². The smallest absolute Gasteiger partial charge is 0.243 e. The Morgan fingerprint density at radius 2 is 1.86 bits per heavy atom. The number of benzene rings is 2. The predicted octanol–water partition coefficient (Wildman–Crippen LogP) is 2.61. The van der Waals surface area contributed by atoms with Gasteiger partial charge < -0.3 is 10.6 Å². The summed E-state index contributed by atoms with van der Waals surface area (Å²) in [6.07, 6.45) is 0.915. The largest absolute Gasteiger partial charge is 0.369 e. The zero-order chi connectivity index (χ0) is 20.9.